The van der Waals surface area contributed by atoms with Gasteiger partial charge in [-0.3, -0.25) is 4.79 Å². The Hall–Kier alpha value is -0.830. The van der Waals surface area contributed by atoms with Crippen LogP contribution in [0.1, 0.15) is 79.1 Å². The Labute approximate surface area is 158 Å². The number of aliphatic hydroxyl groups excluding tert-OH is 1. The lowest BCUT2D eigenvalue weighted by atomic mass is 9.46. The van der Waals surface area contributed by atoms with E-state index in [4.69, 9.17) is 4.74 Å². The Morgan fingerprint density at radius 3 is 2.65 bits per heavy atom. The lowest BCUT2D eigenvalue weighted by Gasteiger charge is -2.58. The quantitative estimate of drug-likeness (QED) is 0.564. The van der Waals surface area contributed by atoms with Gasteiger partial charge >= 0.3 is 5.97 Å². The number of fused-ring (bicyclic) bond motifs is 5. The van der Waals surface area contributed by atoms with E-state index >= 15 is 0 Å². The SMILES string of the molecule is CC(=O)OC(C)[C@H]1CC[C@H]2[C@@H]3CCC4=C[C@@H](O)CC[C@]4(C)[C@H]3CC[C@]12C. The molecule has 26 heavy (non-hydrogen) atoms. The molecule has 0 radical (unpaired) electrons. The molecule has 0 heterocycles. The van der Waals surface area contributed by atoms with Crippen LogP contribution < -0.4 is 0 Å². The predicted molar refractivity (Wildman–Crippen MR) is 102 cm³/mol. The predicted octanol–water partition coefficient (Wildman–Crippen LogP) is 4.88. The van der Waals surface area contributed by atoms with Gasteiger partial charge < -0.3 is 9.84 Å². The van der Waals surface area contributed by atoms with Crippen molar-refractivity contribution in [3.8, 4) is 0 Å². The summed E-state index contributed by atoms with van der Waals surface area (Å²) >= 11 is 0. The molecular formula is C23H36O3. The van der Waals surface area contributed by atoms with Gasteiger partial charge in [0.25, 0.3) is 0 Å². The van der Waals surface area contributed by atoms with Crippen LogP contribution in [0.2, 0.25) is 0 Å². The van der Waals surface area contributed by atoms with Crippen molar-refractivity contribution >= 4 is 5.97 Å². The third kappa shape index (κ3) is 2.68. The molecule has 0 spiro atoms. The summed E-state index contributed by atoms with van der Waals surface area (Å²) in [6.07, 6.45) is 11.6. The molecule has 0 amide bonds. The van der Waals surface area contributed by atoms with Crippen LogP contribution in [0.3, 0.4) is 0 Å². The molecule has 0 aromatic rings. The van der Waals surface area contributed by atoms with E-state index in [1.807, 2.05) is 0 Å². The van der Waals surface area contributed by atoms with Crippen molar-refractivity contribution in [2.75, 3.05) is 0 Å². The van der Waals surface area contributed by atoms with Crippen LogP contribution in [-0.4, -0.2) is 23.3 Å². The van der Waals surface area contributed by atoms with Gasteiger partial charge in [0.2, 0.25) is 0 Å². The summed E-state index contributed by atoms with van der Waals surface area (Å²) < 4.78 is 5.63. The van der Waals surface area contributed by atoms with Gasteiger partial charge in [0, 0.05) is 12.8 Å². The number of aliphatic hydroxyl groups is 1. The van der Waals surface area contributed by atoms with Crippen molar-refractivity contribution in [3.63, 3.8) is 0 Å². The normalized spacial score (nSPS) is 48.7. The highest BCUT2D eigenvalue weighted by molar-refractivity contribution is 5.66. The molecule has 0 aliphatic heterocycles. The number of rotatable bonds is 2. The molecule has 0 aromatic heterocycles. The molecule has 3 nitrogen and oxygen atoms in total. The summed E-state index contributed by atoms with van der Waals surface area (Å²) in [5.74, 6) is 2.72. The summed E-state index contributed by atoms with van der Waals surface area (Å²) in [7, 11) is 0. The molecule has 3 heteroatoms. The van der Waals surface area contributed by atoms with Crippen LogP contribution in [-0.2, 0) is 9.53 Å². The second-order valence-corrected chi connectivity index (χ2v) is 10.2. The smallest absolute Gasteiger partial charge is 0.302 e. The molecule has 0 bridgehead atoms. The maximum atomic E-state index is 11.5. The lowest BCUT2D eigenvalue weighted by molar-refractivity contribution is -0.152. The zero-order valence-electron chi connectivity index (χ0n) is 17.0. The Morgan fingerprint density at radius 1 is 1.15 bits per heavy atom. The zero-order valence-corrected chi connectivity index (χ0v) is 17.0. The molecule has 4 rings (SSSR count). The van der Waals surface area contributed by atoms with E-state index in [0.29, 0.717) is 16.7 Å². The van der Waals surface area contributed by atoms with Crippen LogP contribution in [0, 0.1) is 34.5 Å². The maximum Gasteiger partial charge on any atom is 0.302 e. The lowest BCUT2D eigenvalue weighted by Crippen LogP contribution is -2.51. The van der Waals surface area contributed by atoms with E-state index in [1.165, 1.54) is 45.4 Å². The molecule has 1 unspecified atom stereocenters. The molecular weight excluding hydrogens is 324 g/mol. The summed E-state index contributed by atoms with van der Waals surface area (Å²) in [5, 5.41) is 10.1. The van der Waals surface area contributed by atoms with Crippen molar-refractivity contribution in [3.05, 3.63) is 11.6 Å². The fourth-order valence-corrected chi connectivity index (χ4v) is 7.87. The van der Waals surface area contributed by atoms with Crippen LogP contribution in [0.15, 0.2) is 11.6 Å². The van der Waals surface area contributed by atoms with E-state index in [0.717, 1.165) is 30.6 Å². The average Bonchev–Trinajstić information content (AvgIpc) is 2.92. The number of hydrogen-bond donors (Lipinski definition) is 1. The third-order valence-electron chi connectivity index (χ3n) is 9.08. The van der Waals surface area contributed by atoms with Gasteiger partial charge in [-0.15, -0.1) is 0 Å². The van der Waals surface area contributed by atoms with E-state index in [-0.39, 0.29) is 18.2 Å². The number of hydrogen-bond acceptors (Lipinski definition) is 3. The first-order valence-electron chi connectivity index (χ1n) is 10.8. The van der Waals surface area contributed by atoms with Gasteiger partial charge in [-0.1, -0.05) is 25.5 Å². The molecule has 4 aliphatic rings. The van der Waals surface area contributed by atoms with E-state index in [1.54, 1.807) is 5.57 Å². The number of allylic oxidation sites excluding steroid dienone is 1. The fourth-order valence-electron chi connectivity index (χ4n) is 7.87. The number of esters is 1. The van der Waals surface area contributed by atoms with Crippen molar-refractivity contribution in [1.82, 2.24) is 0 Å². The van der Waals surface area contributed by atoms with E-state index in [9.17, 15) is 9.90 Å². The summed E-state index contributed by atoms with van der Waals surface area (Å²) in [6.45, 7) is 8.62. The average molecular weight is 361 g/mol. The molecule has 3 saturated carbocycles. The minimum Gasteiger partial charge on any atom is -0.463 e. The van der Waals surface area contributed by atoms with Crippen LogP contribution >= 0.6 is 0 Å². The maximum absolute atomic E-state index is 11.5. The largest absolute Gasteiger partial charge is 0.463 e. The first-order chi connectivity index (χ1) is 12.3. The van der Waals surface area contributed by atoms with E-state index < -0.39 is 0 Å². The van der Waals surface area contributed by atoms with Gasteiger partial charge in [-0.25, -0.2) is 0 Å². The Morgan fingerprint density at radius 2 is 1.92 bits per heavy atom. The molecule has 3 fully saturated rings. The van der Waals surface area contributed by atoms with Crippen LogP contribution in [0.4, 0.5) is 0 Å². The van der Waals surface area contributed by atoms with Gasteiger partial charge in [-0.2, -0.15) is 0 Å². The van der Waals surface area contributed by atoms with Crippen LogP contribution in [0.5, 0.6) is 0 Å². The standard InChI is InChI=1S/C23H36O3/c1-14(26-15(2)24)19-7-8-20-18-6-5-16-13-17(25)9-11-22(16,3)21(18)10-12-23(19,20)4/h13-14,17-21,25H,5-12H2,1-4H3/t14?,17-,18-,19+,20-,21-,22-,23+/m0/s1. The third-order valence-corrected chi connectivity index (χ3v) is 9.08. The Balaban J connectivity index is 1.58. The minimum absolute atomic E-state index is 0.0403. The van der Waals surface area contributed by atoms with Gasteiger partial charge in [0.15, 0.2) is 0 Å². The van der Waals surface area contributed by atoms with Crippen molar-refractivity contribution in [2.45, 2.75) is 91.3 Å². The number of carbonyl (C=O) groups excluding carboxylic acids is 1. The fraction of sp³-hybridized carbons (Fsp3) is 0.870. The minimum atomic E-state index is -0.219. The monoisotopic (exact) mass is 360 g/mol. The number of carbonyl (C=O) groups is 1. The second-order valence-electron chi connectivity index (χ2n) is 10.2. The molecule has 8 atom stereocenters. The van der Waals surface area contributed by atoms with E-state index in [2.05, 4.69) is 26.8 Å². The van der Waals surface area contributed by atoms with Gasteiger partial charge in [0.1, 0.15) is 6.10 Å². The van der Waals surface area contributed by atoms with Crippen LogP contribution in [0.25, 0.3) is 0 Å². The first-order valence-corrected chi connectivity index (χ1v) is 10.8. The second kappa shape index (κ2) is 6.36. The highest BCUT2D eigenvalue weighted by Crippen LogP contribution is 2.67. The highest BCUT2D eigenvalue weighted by Gasteiger charge is 2.59. The Bertz CT molecular complexity index is 611. The van der Waals surface area contributed by atoms with Crippen molar-refractivity contribution in [2.24, 2.45) is 34.5 Å². The highest BCUT2D eigenvalue weighted by atomic mass is 16.5. The van der Waals surface area contributed by atoms with Crippen molar-refractivity contribution < 1.29 is 14.6 Å². The Kier molecular flexibility index (Phi) is 4.53. The van der Waals surface area contributed by atoms with Crippen molar-refractivity contribution in [1.29, 1.82) is 0 Å². The summed E-state index contributed by atoms with van der Waals surface area (Å²) in [4.78, 5) is 11.5. The van der Waals surface area contributed by atoms with Gasteiger partial charge in [-0.05, 0) is 86.9 Å². The topological polar surface area (TPSA) is 46.5 Å². The molecule has 0 saturated heterocycles. The molecule has 1 N–H and O–H groups in total. The number of ether oxygens (including phenoxy) is 1. The molecule has 0 aromatic carbocycles. The summed E-state index contributed by atoms with van der Waals surface area (Å²) in [6, 6.07) is 0. The first kappa shape index (κ1) is 18.5. The van der Waals surface area contributed by atoms with Gasteiger partial charge in [0.05, 0.1) is 6.10 Å². The zero-order chi connectivity index (χ0) is 18.7. The summed E-state index contributed by atoms with van der Waals surface area (Å²) in [5.41, 5.74) is 2.18. The molecule has 4 aliphatic carbocycles. The molecule has 146 valence electrons.